The van der Waals surface area contributed by atoms with E-state index in [0.717, 1.165) is 16.1 Å². The van der Waals surface area contributed by atoms with Crippen LogP contribution in [0, 0.1) is 18.8 Å². The highest BCUT2D eigenvalue weighted by Crippen LogP contribution is 2.28. The summed E-state index contributed by atoms with van der Waals surface area (Å²) in [5, 5.41) is 3.41. The first-order valence-corrected chi connectivity index (χ1v) is 10.6. The van der Waals surface area contributed by atoms with Crippen LogP contribution in [0.2, 0.25) is 5.02 Å². The first-order chi connectivity index (χ1) is 11.4. The van der Waals surface area contributed by atoms with Crippen LogP contribution in [0.4, 0.5) is 5.69 Å². The number of sulfonamides is 1. The van der Waals surface area contributed by atoms with Gasteiger partial charge in [-0.05, 0) is 43.4 Å². The van der Waals surface area contributed by atoms with Gasteiger partial charge in [-0.1, -0.05) is 45.4 Å². The van der Waals surface area contributed by atoms with Crippen LogP contribution in [0.15, 0.2) is 18.2 Å². The van der Waals surface area contributed by atoms with E-state index in [1.54, 1.807) is 32.0 Å². The van der Waals surface area contributed by atoms with E-state index in [0.29, 0.717) is 10.7 Å². The second-order valence-electron chi connectivity index (χ2n) is 7.19. The van der Waals surface area contributed by atoms with Crippen LogP contribution < -0.4 is 9.62 Å². The summed E-state index contributed by atoms with van der Waals surface area (Å²) in [5.74, 6) is 0.170. The molecule has 0 saturated heterocycles. The van der Waals surface area contributed by atoms with E-state index in [9.17, 15) is 13.2 Å². The molecule has 5 nitrogen and oxygen atoms in total. The molecular formula is C18H29ClN2O3S. The number of anilines is 1. The van der Waals surface area contributed by atoms with Crippen LogP contribution in [0.5, 0.6) is 0 Å². The summed E-state index contributed by atoms with van der Waals surface area (Å²) in [6.07, 6.45) is 1.10. The Labute approximate surface area is 156 Å². The highest BCUT2D eigenvalue weighted by Gasteiger charge is 2.32. The van der Waals surface area contributed by atoms with Crippen LogP contribution in [-0.4, -0.2) is 32.7 Å². The van der Waals surface area contributed by atoms with Crippen LogP contribution in [0.3, 0.4) is 0 Å². The lowest BCUT2D eigenvalue weighted by Gasteiger charge is -2.33. The zero-order valence-corrected chi connectivity index (χ0v) is 17.6. The minimum Gasteiger partial charge on any atom is -0.351 e. The van der Waals surface area contributed by atoms with Gasteiger partial charge in [0.2, 0.25) is 15.9 Å². The van der Waals surface area contributed by atoms with E-state index >= 15 is 0 Å². The maximum Gasteiger partial charge on any atom is 0.243 e. The molecule has 0 aliphatic carbocycles. The molecule has 0 unspecified atom stereocenters. The lowest BCUT2D eigenvalue weighted by atomic mass is 9.93. The molecule has 0 fully saturated rings. The molecule has 0 aliphatic rings. The van der Waals surface area contributed by atoms with Gasteiger partial charge in [0.25, 0.3) is 0 Å². The SMILES string of the molecule is Cc1ccc(Cl)cc1N([C@H](C)C(=O)NC(C(C)C)C(C)C)S(C)(=O)=O. The zero-order valence-electron chi connectivity index (χ0n) is 16.0. The fourth-order valence-electron chi connectivity index (χ4n) is 2.99. The lowest BCUT2D eigenvalue weighted by molar-refractivity contribution is -0.123. The van der Waals surface area contributed by atoms with Crippen molar-refractivity contribution < 1.29 is 13.2 Å². The van der Waals surface area contributed by atoms with Gasteiger partial charge in [0.15, 0.2) is 0 Å². The van der Waals surface area contributed by atoms with E-state index in [1.165, 1.54) is 0 Å². The first-order valence-electron chi connectivity index (χ1n) is 8.42. The minimum atomic E-state index is -3.66. The summed E-state index contributed by atoms with van der Waals surface area (Å²) in [4.78, 5) is 12.8. The molecule has 1 aromatic rings. The fraction of sp³-hybridized carbons (Fsp3) is 0.611. The molecule has 7 heteroatoms. The van der Waals surface area contributed by atoms with Crippen molar-refractivity contribution in [1.82, 2.24) is 5.32 Å². The number of nitrogens with zero attached hydrogens (tertiary/aromatic N) is 1. The molecule has 1 N–H and O–H groups in total. The van der Waals surface area contributed by atoms with Crippen molar-refractivity contribution in [3.05, 3.63) is 28.8 Å². The van der Waals surface area contributed by atoms with Crippen molar-refractivity contribution in [1.29, 1.82) is 0 Å². The van der Waals surface area contributed by atoms with Crippen molar-refractivity contribution in [2.45, 2.75) is 53.6 Å². The third kappa shape index (κ3) is 5.61. The third-order valence-electron chi connectivity index (χ3n) is 4.24. The highest BCUT2D eigenvalue weighted by molar-refractivity contribution is 7.92. The van der Waals surface area contributed by atoms with Gasteiger partial charge in [-0.25, -0.2) is 8.42 Å². The normalized spacial score (nSPS) is 13.4. The van der Waals surface area contributed by atoms with E-state index in [2.05, 4.69) is 5.32 Å². The predicted octanol–water partition coefficient (Wildman–Crippen LogP) is 3.60. The largest absolute Gasteiger partial charge is 0.351 e. The molecule has 0 heterocycles. The van der Waals surface area contributed by atoms with Crippen molar-refractivity contribution in [2.75, 3.05) is 10.6 Å². The number of aryl methyl sites for hydroxylation is 1. The molecule has 0 saturated carbocycles. The molecule has 0 aliphatic heterocycles. The first kappa shape index (κ1) is 21.8. The summed E-state index contributed by atoms with van der Waals surface area (Å²) in [6.45, 7) is 11.5. The molecule has 1 rings (SSSR count). The molecule has 142 valence electrons. The Bertz CT molecular complexity index is 709. The van der Waals surface area contributed by atoms with Gasteiger partial charge in [0, 0.05) is 11.1 Å². The Morgan fingerprint density at radius 1 is 1.12 bits per heavy atom. The number of benzene rings is 1. The lowest BCUT2D eigenvalue weighted by Crippen LogP contribution is -2.52. The maximum absolute atomic E-state index is 12.8. The minimum absolute atomic E-state index is 0.0307. The number of hydrogen-bond donors (Lipinski definition) is 1. The average Bonchev–Trinajstić information content (AvgIpc) is 2.46. The Kier molecular flexibility index (Phi) is 7.32. The van der Waals surface area contributed by atoms with Gasteiger partial charge in [0.05, 0.1) is 11.9 Å². The monoisotopic (exact) mass is 388 g/mol. The van der Waals surface area contributed by atoms with Gasteiger partial charge in [0.1, 0.15) is 6.04 Å². The summed E-state index contributed by atoms with van der Waals surface area (Å²) >= 11 is 6.04. The number of halogens is 1. The maximum atomic E-state index is 12.8. The third-order valence-corrected chi connectivity index (χ3v) is 5.71. The molecule has 0 aromatic heterocycles. The van der Waals surface area contributed by atoms with Crippen molar-refractivity contribution in [3.8, 4) is 0 Å². The smallest absolute Gasteiger partial charge is 0.243 e. The van der Waals surface area contributed by atoms with E-state index in [1.807, 2.05) is 27.7 Å². The van der Waals surface area contributed by atoms with Gasteiger partial charge in [-0.2, -0.15) is 0 Å². The fourth-order valence-corrected chi connectivity index (χ4v) is 4.38. The number of carbonyl (C=O) groups is 1. The summed E-state index contributed by atoms with van der Waals surface area (Å²) in [6, 6.07) is 4.10. The highest BCUT2D eigenvalue weighted by atomic mass is 35.5. The topological polar surface area (TPSA) is 66.5 Å². The number of nitrogens with one attached hydrogen (secondary N) is 1. The van der Waals surface area contributed by atoms with Gasteiger partial charge >= 0.3 is 0 Å². The van der Waals surface area contributed by atoms with E-state index < -0.39 is 16.1 Å². The second-order valence-corrected chi connectivity index (χ2v) is 9.48. The molecule has 25 heavy (non-hydrogen) atoms. The van der Waals surface area contributed by atoms with E-state index in [4.69, 9.17) is 11.6 Å². The van der Waals surface area contributed by atoms with Crippen molar-refractivity contribution >= 4 is 33.2 Å². The standard InChI is InChI=1S/C18H29ClN2O3S/c1-11(2)17(12(3)4)20-18(22)14(6)21(25(7,23)24)16-10-15(19)9-8-13(16)5/h8-12,14,17H,1-7H3,(H,20,22)/t14-/m1/s1. The summed E-state index contributed by atoms with van der Waals surface area (Å²) in [5.41, 5.74) is 1.15. The molecule has 0 radical (unpaired) electrons. The molecule has 0 bridgehead atoms. The van der Waals surface area contributed by atoms with E-state index in [-0.39, 0.29) is 23.8 Å². The molecule has 1 atom stereocenters. The van der Waals surface area contributed by atoms with Crippen molar-refractivity contribution in [3.63, 3.8) is 0 Å². The summed E-state index contributed by atoms with van der Waals surface area (Å²) in [7, 11) is -3.66. The zero-order chi connectivity index (χ0) is 19.5. The Balaban J connectivity index is 3.24. The number of carbonyl (C=O) groups excluding carboxylic acids is 1. The number of rotatable bonds is 7. The second kappa shape index (κ2) is 8.41. The molecule has 1 amide bonds. The van der Waals surface area contributed by atoms with Crippen LogP contribution in [0.25, 0.3) is 0 Å². The molecule has 1 aromatic carbocycles. The molecular weight excluding hydrogens is 360 g/mol. The number of amides is 1. The average molecular weight is 389 g/mol. The van der Waals surface area contributed by atoms with Gasteiger partial charge in [-0.3, -0.25) is 9.10 Å². The Morgan fingerprint density at radius 2 is 1.64 bits per heavy atom. The number of hydrogen-bond acceptors (Lipinski definition) is 3. The predicted molar refractivity (Wildman–Crippen MR) is 105 cm³/mol. The van der Waals surface area contributed by atoms with Crippen molar-refractivity contribution in [2.24, 2.45) is 11.8 Å². The Morgan fingerprint density at radius 3 is 2.08 bits per heavy atom. The van der Waals surface area contributed by atoms with Crippen LogP contribution in [0.1, 0.15) is 40.2 Å². The van der Waals surface area contributed by atoms with Gasteiger partial charge in [-0.15, -0.1) is 0 Å². The Hall–Kier alpha value is -1.27. The van der Waals surface area contributed by atoms with Crippen LogP contribution >= 0.6 is 11.6 Å². The molecule has 0 spiro atoms. The van der Waals surface area contributed by atoms with Gasteiger partial charge < -0.3 is 5.32 Å². The summed E-state index contributed by atoms with van der Waals surface area (Å²) < 4.78 is 25.9. The van der Waals surface area contributed by atoms with Crippen LogP contribution in [-0.2, 0) is 14.8 Å². The quantitative estimate of drug-likeness (QED) is 0.775.